The fraction of sp³-hybridized carbons (Fsp3) is 0.286. The normalized spacial score (nSPS) is 12.4. The smallest absolute Gasteiger partial charge is 0.115 e. The average molecular weight is 212 g/mol. The van der Waals surface area contributed by atoms with Crippen molar-refractivity contribution >= 4 is 0 Å². The molecule has 0 aliphatic rings. The molecule has 0 aliphatic heterocycles. The molecule has 0 bridgehead atoms. The zero-order valence-corrected chi connectivity index (χ0v) is 9.72. The van der Waals surface area contributed by atoms with E-state index in [1.54, 1.807) is 12.5 Å². The third kappa shape index (κ3) is 2.66. The zero-order chi connectivity index (χ0) is 11.4. The van der Waals surface area contributed by atoms with Gasteiger partial charge in [0.25, 0.3) is 0 Å². The first-order valence-corrected chi connectivity index (χ1v) is 5.57. The maximum Gasteiger partial charge on any atom is 0.115 e. The lowest BCUT2D eigenvalue weighted by molar-refractivity contribution is 0.726. The molecule has 0 amide bonds. The third-order valence-electron chi connectivity index (χ3n) is 2.77. The largest absolute Gasteiger partial charge is 0.245 e. The van der Waals surface area contributed by atoms with Crippen LogP contribution in [-0.2, 0) is 6.42 Å². The van der Waals surface area contributed by atoms with E-state index in [2.05, 4.69) is 48.1 Å². The molecule has 2 aromatic rings. The standard InChI is InChI=1S/C14H16N2/c1-11-3-5-13(6-4-11)9-12(2)14-7-8-15-10-16-14/h3-8,10,12H,9H2,1-2H3. The SMILES string of the molecule is Cc1ccc(CC(C)c2ccncn2)cc1. The second-order valence-corrected chi connectivity index (χ2v) is 4.23. The highest BCUT2D eigenvalue weighted by molar-refractivity contribution is 5.23. The van der Waals surface area contributed by atoms with Crippen molar-refractivity contribution in [3.63, 3.8) is 0 Å². The summed E-state index contributed by atoms with van der Waals surface area (Å²) in [6.45, 7) is 4.31. The van der Waals surface area contributed by atoms with Crippen molar-refractivity contribution in [2.45, 2.75) is 26.2 Å². The molecule has 16 heavy (non-hydrogen) atoms. The predicted molar refractivity (Wildman–Crippen MR) is 65.3 cm³/mol. The summed E-state index contributed by atoms with van der Waals surface area (Å²) in [6, 6.07) is 10.7. The lowest BCUT2D eigenvalue weighted by atomic mass is 9.97. The molecule has 1 unspecified atom stereocenters. The van der Waals surface area contributed by atoms with Gasteiger partial charge in [0.1, 0.15) is 6.33 Å². The first kappa shape index (κ1) is 10.8. The number of benzene rings is 1. The van der Waals surface area contributed by atoms with E-state index >= 15 is 0 Å². The number of hydrogen-bond donors (Lipinski definition) is 0. The lowest BCUT2D eigenvalue weighted by Crippen LogP contribution is -2.01. The summed E-state index contributed by atoms with van der Waals surface area (Å²) >= 11 is 0. The first-order chi connectivity index (χ1) is 7.75. The molecule has 2 heteroatoms. The minimum Gasteiger partial charge on any atom is -0.245 e. The van der Waals surface area contributed by atoms with Crippen molar-refractivity contribution < 1.29 is 0 Å². The van der Waals surface area contributed by atoms with Gasteiger partial charge >= 0.3 is 0 Å². The van der Waals surface area contributed by atoms with Gasteiger partial charge in [-0.1, -0.05) is 36.8 Å². The Labute approximate surface area is 96.4 Å². The maximum atomic E-state index is 4.28. The molecule has 0 spiro atoms. The van der Waals surface area contributed by atoms with Crippen molar-refractivity contribution in [1.29, 1.82) is 0 Å². The molecule has 0 radical (unpaired) electrons. The summed E-state index contributed by atoms with van der Waals surface area (Å²) in [5, 5.41) is 0. The first-order valence-electron chi connectivity index (χ1n) is 5.57. The van der Waals surface area contributed by atoms with Crippen LogP contribution < -0.4 is 0 Å². The monoisotopic (exact) mass is 212 g/mol. The van der Waals surface area contributed by atoms with Crippen LogP contribution in [0.15, 0.2) is 42.9 Å². The van der Waals surface area contributed by atoms with Gasteiger partial charge in [-0.25, -0.2) is 9.97 Å². The topological polar surface area (TPSA) is 25.8 Å². The van der Waals surface area contributed by atoms with Gasteiger partial charge in [-0.05, 0) is 25.0 Å². The van der Waals surface area contributed by atoms with Crippen molar-refractivity contribution in [2.24, 2.45) is 0 Å². The number of aromatic nitrogens is 2. The van der Waals surface area contributed by atoms with Gasteiger partial charge < -0.3 is 0 Å². The Kier molecular flexibility index (Phi) is 3.30. The zero-order valence-electron chi connectivity index (χ0n) is 9.72. The molecule has 1 aromatic carbocycles. The van der Waals surface area contributed by atoms with Crippen molar-refractivity contribution in [3.05, 3.63) is 59.7 Å². The van der Waals surface area contributed by atoms with Gasteiger partial charge in [0.2, 0.25) is 0 Å². The Morgan fingerprint density at radius 1 is 1.12 bits per heavy atom. The van der Waals surface area contributed by atoms with E-state index in [-0.39, 0.29) is 0 Å². The molecular formula is C14H16N2. The minimum atomic E-state index is 0.436. The van der Waals surface area contributed by atoms with Crippen molar-refractivity contribution in [1.82, 2.24) is 9.97 Å². The molecule has 82 valence electrons. The molecule has 0 saturated carbocycles. The number of aryl methyl sites for hydroxylation is 1. The summed E-state index contributed by atoms with van der Waals surface area (Å²) in [6.07, 6.45) is 4.44. The molecule has 0 aliphatic carbocycles. The molecule has 2 nitrogen and oxygen atoms in total. The predicted octanol–water partition coefficient (Wildman–Crippen LogP) is 3.13. The van der Waals surface area contributed by atoms with E-state index in [4.69, 9.17) is 0 Å². The van der Waals surface area contributed by atoms with Gasteiger partial charge in [0.15, 0.2) is 0 Å². The summed E-state index contributed by atoms with van der Waals surface area (Å²) in [5.41, 5.74) is 3.77. The Hall–Kier alpha value is -1.70. The van der Waals surface area contributed by atoms with Crippen LogP contribution >= 0.6 is 0 Å². The molecular weight excluding hydrogens is 196 g/mol. The Bertz CT molecular complexity index is 434. The van der Waals surface area contributed by atoms with E-state index in [1.165, 1.54) is 11.1 Å². The molecule has 1 atom stereocenters. The van der Waals surface area contributed by atoms with Gasteiger partial charge in [-0.3, -0.25) is 0 Å². The van der Waals surface area contributed by atoms with Gasteiger partial charge in [-0.15, -0.1) is 0 Å². The van der Waals surface area contributed by atoms with Crippen LogP contribution in [0.1, 0.15) is 29.7 Å². The average Bonchev–Trinajstić information content (AvgIpc) is 2.33. The molecule has 2 rings (SSSR count). The minimum absolute atomic E-state index is 0.436. The molecule has 0 fully saturated rings. The second kappa shape index (κ2) is 4.88. The van der Waals surface area contributed by atoms with E-state index in [0.717, 1.165) is 12.1 Å². The third-order valence-corrected chi connectivity index (χ3v) is 2.77. The van der Waals surface area contributed by atoms with Crippen LogP contribution in [0.25, 0.3) is 0 Å². The Morgan fingerprint density at radius 3 is 2.50 bits per heavy atom. The summed E-state index contributed by atoms with van der Waals surface area (Å²) in [7, 11) is 0. The van der Waals surface area contributed by atoms with Crippen LogP contribution in [0.2, 0.25) is 0 Å². The summed E-state index contributed by atoms with van der Waals surface area (Å²) < 4.78 is 0. The van der Waals surface area contributed by atoms with E-state index in [0.29, 0.717) is 5.92 Å². The highest BCUT2D eigenvalue weighted by Gasteiger charge is 2.07. The van der Waals surface area contributed by atoms with Crippen LogP contribution in [0.4, 0.5) is 0 Å². The summed E-state index contributed by atoms with van der Waals surface area (Å²) in [4.78, 5) is 8.22. The summed E-state index contributed by atoms with van der Waals surface area (Å²) in [5.74, 6) is 0.436. The van der Waals surface area contributed by atoms with Crippen LogP contribution in [-0.4, -0.2) is 9.97 Å². The van der Waals surface area contributed by atoms with Gasteiger partial charge in [-0.2, -0.15) is 0 Å². The van der Waals surface area contributed by atoms with E-state index in [9.17, 15) is 0 Å². The molecule has 1 aromatic heterocycles. The van der Waals surface area contributed by atoms with Crippen LogP contribution in [0.3, 0.4) is 0 Å². The van der Waals surface area contributed by atoms with Crippen molar-refractivity contribution in [3.8, 4) is 0 Å². The maximum absolute atomic E-state index is 4.28. The van der Waals surface area contributed by atoms with Crippen molar-refractivity contribution in [2.75, 3.05) is 0 Å². The number of nitrogens with zero attached hydrogens (tertiary/aromatic N) is 2. The fourth-order valence-corrected chi connectivity index (χ4v) is 1.77. The van der Waals surface area contributed by atoms with Gasteiger partial charge in [0.05, 0.1) is 0 Å². The number of hydrogen-bond acceptors (Lipinski definition) is 2. The van der Waals surface area contributed by atoms with Crippen LogP contribution in [0.5, 0.6) is 0 Å². The quantitative estimate of drug-likeness (QED) is 0.781. The Morgan fingerprint density at radius 2 is 1.88 bits per heavy atom. The fourth-order valence-electron chi connectivity index (χ4n) is 1.77. The van der Waals surface area contributed by atoms with Crippen LogP contribution in [0, 0.1) is 6.92 Å². The van der Waals surface area contributed by atoms with E-state index in [1.807, 2.05) is 6.07 Å². The lowest BCUT2D eigenvalue weighted by Gasteiger charge is -2.10. The Balaban J connectivity index is 2.08. The van der Waals surface area contributed by atoms with E-state index < -0.39 is 0 Å². The van der Waals surface area contributed by atoms with Gasteiger partial charge in [0, 0.05) is 17.8 Å². The molecule has 0 saturated heterocycles. The number of rotatable bonds is 3. The highest BCUT2D eigenvalue weighted by atomic mass is 14.8. The molecule has 0 N–H and O–H groups in total. The highest BCUT2D eigenvalue weighted by Crippen LogP contribution is 2.17. The molecule has 1 heterocycles. The second-order valence-electron chi connectivity index (χ2n) is 4.23.